The predicted octanol–water partition coefficient (Wildman–Crippen LogP) is 1.97. The average Bonchev–Trinajstić information content (AvgIpc) is 3.32. The fourth-order valence-corrected chi connectivity index (χ4v) is 4.96. The summed E-state index contributed by atoms with van der Waals surface area (Å²) in [6.45, 7) is 2.93. The summed E-state index contributed by atoms with van der Waals surface area (Å²) in [4.78, 5) is 39.6. The summed E-state index contributed by atoms with van der Waals surface area (Å²) in [6, 6.07) is 9.00. The first-order valence-electron chi connectivity index (χ1n) is 12.5. The highest BCUT2D eigenvalue weighted by molar-refractivity contribution is 5.90. The Morgan fingerprint density at radius 3 is 2.62 bits per heavy atom. The summed E-state index contributed by atoms with van der Waals surface area (Å²) in [6.07, 6.45) is 0.429. The van der Waals surface area contributed by atoms with Crippen molar-refractivity contribution in [2.75, 3.05) is 25.6 Å². The number of aldehydes is 1. The van der Waals surface area contributed by atoms with Crippen LogP contribution in [0.5, 0.6) is 0 Å². The van der Waals surface area contributed by atoms with E-state index in [2.05, 4.69) is 16.0 Å². The Hall–Kier alpha value is -3.34. The Bertz CT molecular complexity index is 1140. The molecule has 0 spiro atoms. The molecule has 0 aliphatic carbocycles. The van der Waals surface area contributed by atoms with E-state index in [0.29, 0.717) is 32.3 Å². The van der Waals surface area contributed by atoms with Crippen LogP contribution in [0.2, 0.25) is 0 Å². The van der Waals surface area contributed by atoms with Gasteiger partial charge in [-0.25, -0.2) is 4.39 Å². The maximum atomic E-state index is 14.5. The fraction of sp³-hybridized carbons (Fsp3) is 0.444. The normalized spacial score (nSPS) is 20.0. The van der Waals surface area contributed by atoms with E-state index in [0.717, 1.165) is 17.2 Å². The lowest BCUT2D eigenvalue weighted by atomic mass is 9.90. The molecule has 10 heteroatoms. The Labute approximate surface area is 215 Å². The van der Waals surface area contributed by atoms with Gasteiger partial charge in [0.2, 0.25) is 11.8 Å². The maximum absolute atomic E-state index is 14.5. The van der Waals surface area contributed by atoms with Gasteiger partial charge in [-0.3, -0.25) is 14.4 Å². The largest absolute Gasteiger partial charge is 0.381 e. The van der Waals surface area contributed by atoms with Gasteiger partial charge in [-0.05, 0) is 62.1 Å². The molecule has 2 aliphatic heterocycles. The number of nitrogens with one attached hydrogen (secondary N) is 3. The molecule has 0 radical (unpaired) electrons. The van der Waals surface area contributed by atoms with Crippen LogP contribution in [0.3, 0.4) is 0 Å². The molecule has 2 aliphatic rings. The predicted molar refractivity (Wildman–Crippen MR) is 135 cm³/mol. The lowest BCUT2D eigenvalue weighted by molar-refractivity contribution is -0.143. The van der Waals surface area contributed by atoms with E-state index in [4.69, 9.17) is 4.74 Å². The Kier molecular flexibility index (Phi) is 8.52. The molecule has 4 N–H and O–H groups in total. The van der Waals surface area contributed by atoms with E-state index in [1.54, 1.807) is 14.0 Å². The maximum Gasteiger partial charge on any atom is 0.246 e. The molecular weight excluding hydrogens is 479 g/mol. The monoisotopic (exact) mass is 512 g/mol. The van der Waals surface area contributed by atoms with Gasteiger partial charge < -0.3 is 30.7 Å². The number of aliphatic hydroxyl groups is 1. The molecular formula is C27H33FN4O5. The molecule has 2 amide bonds. The second-order valence-electron chi connectivity index (χ2n) is 9.50. The molecule has 37 heavy (non-hydrogen) atoms. The summed E-state index contributed by atoms with van der Waals surface area (Å²) >= 11 is 0. The van der Waals surface area contributed by atoms with Crippen molar-refractivity contribution in [1.82, 2.24) is 15.5 Å². The van der Waals surface area contributed by atoms with Gasteiger partial charge in [-0.1, -0.05) is 24.3 Å². The van der Waals surface area contributed by atoms with Crippen LogP contribution in [-0.4, -0.2) is 66.7 Å². The van der Waals surface area contributed by atoms with Crippen LogP contribution >= 0.6 is 0 Å². The molecule has 2 aromatic rings. The number of carbonyl (C=O) groups is 3. The lowest BCUT2D eigenvalue weighted by Gasteiger charge is -2.37. The number of nitrogens with zero attached hydrogens (tertiary/aromatic N) is 1. The van der Waals surface area contributed by atoms with Gasteiger partial charge in [0.1, 0.15) is 30.4 Å². The van der Waals surface area contributed by atoms with Crippen LogP contribution in [0.4, 0.5) is 10.1 Å². The van der Waals surface area contributed by atoms with Crippen molar-refractivity contribution in [2.24, 2.45) is 5.92 Å². The molecule has 4 rings (SSSR count). The fourth-order valence-electron chi connectivity index (χ4n) is 4.96. The van der Waals surface area contributed by atoms with Crippen LogP contribution in [0.1, 0.15) is 47.3 Å². The average molecular weight is 513 g/mol. The van der Waals surface area contributed by atoms with Crippen molar-refractivity contribution in [3.63, 3.8) is 0 Å². The molecule has 2 aromatic carbocycles. The summed E-state index contributed by atoms with van der Waals surface area (Å²) in [5, 5.41) is 19.8. The van der Waals surface area contributed by atoms with Gasteiger partial charge in [0.05, 0.1) is 11.7 Å². The van der Waals surface area contributed by atoms with Gasteiger partial charge >= 0.3 is 0 Å². The second-order valence-corrected chi connectivity index (χ2v) is 9.50. The minimum atomic E-state index is -1.38. The number of anilines is 1. The standard InChI is InChI=1S/C27H33FN4O5/c1-16(29-2)25(34)31-23(18-9-11-37-12-10-18)27(36)32-14-19-5-3-4-6-20(19)24(32)26(35)30-22-13-17(15-33)7-8-21(22)28/h3-8,13,15-16,18,23-24,26,29-30,35H,9-12,14H2,1-2H3,(H,31,34)/t16-,23?,24?,26?/m0/s1. The number of rotatable bonds is 9. The van der Waals surface area contributed by atoms with E-state index in [-0.39, 0.29) is 35.5 Å². The summed E-state index contributed by atoms with van der Waals surface area (Å²) in [5.74, 6) is -1.40. The third-order valence-corrected chi connectivity index (χ3v) is 7.19. The van der Waals surface area contributed by atoms with Crippen molar-refractivity contribution in [2.45, 2.75) is 50.7 Å². The molecule has 1 fully saturated rings. The van der Waals surface area contributed by atoms with E-state index in [1.807, 2.05) is 24.3 Å². The van der Waals surface area contributed by atoms with Gasteiger partial charge in [0, 0.05) is 25.3 Å². The van der Waals surface area contributed by atoms with Gasteiger partial charge in [0.15, 0.2) is 0 Å². The quantitative estimate of drug-likeness (QED) is 0.300. The topological polar surface area (TPSA) is 120 Å². The summed E-state index contributed by atoms with van der Waals surface area (Å²) in [7, 11) is 1.67. The number of benzene rings is 2. The molecule has 1 saturated heterocycles. The third kappa shape index (κ3) is 5.82. The number of likely N-dealkylation sites (N-methyl/N-ethyl adjacent to an activating group) is 1. The second kappa shape index (κ2) is 11.8. The van der Waals surface area contributed by atoms with Crippen molar-refractivity contribution in [3.8, 4) is 0 Å². The number of halogens is 1. The third-order valence-electron chi connectivity index (χ3n) is 7.19. The SMILES string of the molecule is CN[C@@H](C)C(=O)NC(C(=O)N1Cc2ccccc2C1C(O)Nc1cc(C=O)ccc1F)C1CCOCC1. The molecule has 198 valence electrons. The van der Waals surface area contributed by atoms with E-state index < -0.39 is 30.2 Å². The van der Waals surface area contributed by atoms with Crippen LogP contribution in [0.25, 0.3) is 0 Å². The van der Waals surface area contributed by atoms with E-state index in [9.17, 15) is 23.9 Å². The molecule has 0 bridgehead atoms. The zero-order valence-corrected chi connectivity index (χ0v) is 20.9. The number of carbonyl (C=O) groups excluding carboxylic acids is 3. The smallest absolute Gasteiger partial charge is 0.246 e. The number of aliphatic hydroxyl groups excluding tert-OH is 1. The lowest BCUT2D eigenvalue weighted by Crippen LogP contribution is -2.56. The first-order valence-corrected chi connectivity index (χ1v) is 12.5. The molecule has 0 saturated carbocycles. The Balaban J connectivity index is 1.65. The highest BCUT2D eigenvalue weighted by atomic mass is 19.1. The minimum Gasteiger partial charge on any atom is -0.381 e. The van der Waals surface area contributed by atoms with Crippen molar-refractivity contribution < 1.29 is 28.6 Å². The molecule has 4 atom stereocenters. The zero-order chi connectivity index (χ0) is 26.5. The van der Waals surface area contributed by atoms with Crippen molar-refractivity contribution in [3.05, 3.63) is 65.0 Å². The van der Waals surface area contributed by atoms with Crippen molar-refractivity contribution in [1.29, 1.82) is 0 Å². The zero-order valence-electron chi connectivity index (χ0n) is 20.9. The van der Waals surface area contributed by atoms with Gasteiger partial charge in [0.25, 0.3) is 0 Å². The molecule has 9 nitrogen and oxygen atoms in total. The Morgan fingerprint density at radius 2 is 1.92 bits per heavy atom. The number of hydrogen-bond donors (Lipinski definition) is 4. The number of fused-ring (bicyclic) bond motifs is 1. The number of ether oxygens (including phenoxy) is 1. The summed E-state index contributed by atoms with van der Waals surface area (Å²) < 4.78 is 20.0. The number of amides is 2. The highest BCUT2D eigenvalue weighted by Crippen LogP contribution is 2.38. The van der Waals surface area contributed by atoms with Crippen LogP contribution in [0, 0.1) is 11.7 Å². The van der Waals surface area contributed by atoms with Crippen molar-refractivity contribution >= 4 is 23.8 Å². The summed E-state index contributed by atoms with van der Waals surface area (Å²) in [5.41, 5.74) is 1.77. The van der Waals surface area contributed by atoms with E-state index in [1.165, 1.54) is 17.0 Å². The molecule has 2 heterocycles. The van der Waals surface area contributed by atoms with E-state index >= 15 is 0 Å². The first kappa shape index (κ1) is 26.7. The van der Waals surface area contributed by atoms with Gasteiger partial charge in [-0.15, -0.1) is 0 Å². The molecule has 0 aromatic heterocycles. The molecule has 3 unspecified atom stereocenters. The van der Waals surface area contributed by atoms with Crippen LogP contribution < -0.4 is 16.0 Å². The number of hydrogen-bond acceptors (Lipinski definition) is 7. The van der Waals surface area contributed by atoms with Crippen LogP contribution in [0.15, 0.2) is 42.5 Å². The highest BCUT2D eigenvalue weighted by Gasteiger charge is 2.43. The van der Waals surface area contributed by atoms with Crippen LogP contribution in [-0.2, 0) is 20.9 Å². The minimum absolute atomic E-state index is 0.0500. The first-order chi connectivity index (χ1) is 17.8. The van der Waals surface area contributed by atoms with Gasteiger partial charge in [-0.2, -0.15) is 0 Å². The Morgan fingerprint density at radius 1 is 1.19 bits per heavy atom.